The van der Waals surface area contributed by atoms with Gasteiger partial charge in [0, 0.05) is 19.0 Å². The van der Waals surface area contributed by atoms with E-state index in [1.165, 1.54) is 0 Å². The fraction of sp³-hybridized carbons (Fsp3) is 0.538. The van der Waals surface area contributed by atoms with E-state index in [2.05, 4.69) is 25.0 Å². The number of aliphatic hydroxyl groups is 1. The SMILES string of the molecule is CCC#Cc1cn(C2CC(O)C(COP(=O)(O)OP(=O)(O)OP(=O)(O)O)O2)c(=O)[nH]c1=O. The Labute approximate surface area is 179 Å². The van der Waals surface area contributed by atoms with Gasteiger partial charge in [-0.1, -0.05) is 18.8 Å². The molecule has 1 saturated heterocycles. The standard InChI is InChI=1S/C13H19N2O14P3/c1-2-3-4-8-6-15(13(18)14-12(8)17)11-5-9(16)10(27-11)7-26-31(22,23)29-32(24,25)28-30(19,20)21/h6,9-11,16H,2,5,7H2,1H3,(H,22,23)(H,24,25)(H,14,17,18)(H2,19,20,21). The summed E-state index contributed by atoms with van der Waals surface area (Å²) in [6, 6.07) is 0. The van der Waals surface area contributed by atoms with E-state index in [-0.39, 0.29) is 12.0 Å². The summed E-state index contributed by atoms with van der Waals surface area (Å²) >= 11 is 0. The fourth-order valence-corrected chi connectivity index (χ4v) is 5.51. The first-order valence-electron chi connectivity index (χ1n) is 8.58. The lowest BCUT2D eigenvalue weighted by atomic mass is 10.2. The molecule has 1 aliphatic heterocycles. The molecule has 0 saturated carbocycles. The van der Waals surface area contributed by atoms with Crippen molar-refractivity contribution in [3.05, 3.63) is 32.6 Å². The minimum absolute atomic E-state index is 0.0405. The molecule has 0 aromatic carbocycles. The summed E-state index contributed by atoms with van der Waals surface area (Å²) < 4.78 is 51.6. The molecule has 32 heavy (non-hydrogen) atoms. The van der Waals surface area contributed by atoms with Crippen molar-refractivity contribution in [3.8, 4) is 11.8 Å². The smallest absolute Gasteiger partial charge is 0.390 e. The number of aliphatic hydroxyl groups excluding tert-OH is 1. The third-order valence-corrected chi connectivity index (χ3v) is 7.50. The second kappa shape index (κ2) is 10.2. The van der Waals surface area contributed by atoms with E-state index < -0.39 is 59.8 Å². The van der Waals surface area contributed by atoms with E-state index in [4.69, 9.17) is 19.4 Å². The van der Waals surface area contributed by atoms with Crippen LogP contribution >= 0.6 is 23.5 Å². The maximum absolute atomic E-state index is 12.1. The van der Waals surface area contributed by atoms with Crippen LogP contribution in [0.15, 0.2) is 15.8 Å². The third-order valence-electron chi connectivity index (χ3n) is 3.70. The van der Waals surface area contributed by atoms with Crippen LogP contribution in [0.4, 0.5) is 0 Å². The highest BCUT2D eigenvalue weighted by Crippen LogP contribution is 2.66. The summed E-state index contributed by atoms with van der Waals surface area (Å²) in [5, 5.41) is 10.1. The molecule has 2 heterocycles. The van der Waals surface area contributed by atoms with Crippen LogP contribution in [0.25, 0.3) is 0 Å². The number of phosphoric acid groups is 3. The number of rotatable bonds is 8. The van der Waals surface area contributed by atoms with Gasteiger partial charge in [0.25, 0.3) is 5.56 Å². The second-order valence-electron chi connectivity index (χ2n) is 6.18. The topological polar surface area (TPSA) is 244 Å². The predicted octanol–water partition coefficient (Wildman–Crippen LogP) is -0.710. The highest BCUT2D eigenvalue weighted by atomic mass is 31.3. The van der Waals surface area contributed by atoms with Crippen LogP contribution in [0.1, 0.15) is 31.6 Å². The Hall–Kier alpha value is -1.43. The van der Waals surface area contributed by atoms with Crippen molar-refractivity contribution in [3.63, 3.8) is 0 Å². The Morgan fingerprint density at radius 3 is 2.44 bits per heavy atom. The molecule has 0 amide bonds. The lowest BCUT2D eigenvalue weighted by Crippen LogP contribution is -2.33. The van der Waals surface area contributed by atoms with Crippen LogP contribution in [0.3, 0.4) is 0 Å². The normalized spacial score (nSPS) is 24.9. The quantitative estimate of drug-likeness (QED) is 0.183. The van der Waals surface area contributed by atoms with Gasteiger partial charge in [-0.15, -0.1) is 0 Å². The first kappa shape index (κ1) is 26.8. The van der Waals surface area contributed by atoms with E-state index in [1.807, 2.05) is 4.98 Å². The summed E-state index contributed by atoms with van der Waals surface area (Å²) in [7, 11) is -16.7. The number of hydrogen-bond donors (Lipinski definition) is 6. The minimum atomic E-state index is -5.69. The molecular weight excluding hydrogens is 501 g/mol. The fourth-order valence-electron chi connectivity index (χ4n) is 2.48. The first-order chi connectivity index (χ1) is 14.6. The molecule has 2 rings (SSSR count). The Bertz CT molecular complexity index is 1160. The van der Waals surface area contributed by atoms with Crippen LogP contribution in [-0.2, 0) is 31.6 Å². The van der Waals surface area contributed by atoms with Crippen LogP contribution in [0.2, 0.25) is 0 Å². The van der Waals surface area contributed by atoms with Crippen molar-refractivity contribution in [1.82, 2.24) is 9.55 Å². The number of ether oxygens (including phenoxy) is 1. The van der Waals surface area contributed by atoms with Gasteiger partial charge in [0.1, 0.15) is 17.9 Å². The molecule has 19 heteroatoms. The van der Waals surface area contributed by atoms with Gasteiger partial charge in [-0.25, -0.2) is 18.5 Å². The zero-order valence-electron chi connectivity index (χ0n) is 16.1. The minimum Gasteiger partial charge on any atom is -0.390 e. The number of nitrogens with one attached hydrogen (secondary N) is 1. The van der Waals surface area contributed by atoms with Crippen molar-refractivity contribution >= 4 is 23.5 Å². The number of phosphoric ester groups is 1. The van der Waals surface area contributed by atoms with E-state index in [0.717, 1.165) is 10.8 Å². The Morgan fingerprint density at radius 1 is 1.19 bits per heavy atom. The largest absolute Gasteiger partial charge is 0.490 e. The number of nitrogens with zero attached hydrogens (tertiary/aromatic N) is 1. The molecule has 6 N–H and O–H groups in total. The number of hydrogen-bond acceptors (Lipinski definition) is 10. The van der Waals surface area contributed by atoms with Gasteiger partial charge in [0.2, 0.25) is 0 Å². The zero-order chi connectivity index (χ0) is 24.3. The van der Waals surface area contributed by atoms with Crippen molar-refractivity contribution in [2.45, 2.75) is 38.2 Å². The highest BCUT2D eigenvalue weighted by molar-refractivity contribution is 7.66. The van der Waals surface area contributed by atoms with Crippen LogP contribution in [0, 0.1) is 11.8 Å². The summed E-state index contributed by atoms with van der Waals surface area (Å²) in [5.41, 5.74) is -1.64. The van der Waals surface area contributed by atoms with Gasteiger partial charge in [0.15, 0.2) is 0 Å². The molecular formula is C13H19N2O14P3. The second-order valence-corrected chi connectivity index (χ2v) is 10.6. The average Bonchev–Trinajstić information content (AvgIpc) is 2.97. The van der Waals surface area contributed by atoms with Crippen molar-refractivity contribution in [2.75, 3.05) is 6.61 Å². The summed E-state index contributed by atoms with van der Waals surface area (Å²) in [6.45, 7) is 0.845. The van der Waals surface area contributed by atoms with Gasteiger partial charge in [-0.05, 0) is 0 Å². The average molecular weight is 520 g/mol. The maximum atomic E-state index is 12.1. The molecule has 1 fully saturated rings. The first-order valence-corrected chi connectivity index (χ1v) is 13.1. The Kier molecular flexibility index (Phi) is 8.58. The van der Waals surface area contributed by atoms with Gasteiger partial charge in [0.05, 0.1) is 12.7 Å². The molecule has 1 aliphatic rings. The van der Waals surface area contributed by atoms with Gasteiger partial charge >= 0.3 is 29.2 Å². The molecule has 5 atom stereocenters. The van der Waals surface area contributed by atoms with Crippen LogP contribution < -0.4 is 11.2 Å². The van der Waals surface area contributed by atoms with Gasteiger partial charge in [-0.3, -0.25) is 18.9 Å². The number of H-pyrrole nitrogens is 1. The van der Waals surface area contributed by atoms with Crippen molar-refractivity contribution in [1.29, 1.82) is 0 Å². The van der Waals surface area contributed by atoms with E-state index in [1.54, 1.807) is 6.92 Å². The molecule has 0 spiro atoms. The molecule has 16 nitrogen and oxygen atoms in total. The molecule has 5 unspecified atom stereocenters. The highest BCUT2D eigenvalue weighted by Gasteiger charge is 2.43. The molecule has 1 aromatic rings. The third kappa shape index (κ3) is 7.86. The lowest BCUT2D eigenvalue weighted by molar-refractivity contribution is -0.0450. The van der Waals surface area contributed by atoms with Crippen LogP contribution in [-0.4, -0.2) is 53.0 Å². The lowest BCUT2D eigenvalue weighted by Gasteiger charge is -2.19. The summed E-state index contributed by atoms with van der Waals surface area (Å²) in [4.78, 5) is 61.5. The molecule has 180 valence electrons. The Balaban J connectivity index is 2.09. The van der Waals surface area contributed by atoms with Crippen molar-refractivity contribution < 1.29 is 56.3 Å². The van der Waals surface area contributed by atoms with Gasteiger partial charge in [-0.2, -0.15) is 8.62 Å². The number of aromatic amines is 1. The summed E-state index contributed by atoms with van der Waals surface area (Å²) in [6.07, 6.45) is -2.47. The molecule has 0 aliphatic carbocycles. The zero-order valence-corrected chi connectivity index (χ0v) is 18.8. The molecule has 0 radical (unpaired) electrons. The van der Waals surface area contributed by atoms with Crippen molar-refractivity contribution in [2.24, 2.45) is 0 Å². The summed E-state index contributed by atoms with van der Waals surface area (Å²) in [5.74, 6) is 5.22. The van der Waals surface area contributed by atoms with E-state index in [0.29, 0.717) is 6.42 Å². The van der Waals surface area contributed by atoms with E-state index >= 15 is 0 Å². The van der Waals surface area contributed by atoms with Crippen LogP contribution in [0.5, 0.6) is 0 Å². The molecule has 1 aromatic heterocycles. The monoisotopic (exact) mass is 520 g/mol. The Morgan fingerprint density at radius 2 is 1.84 bits per heavy atom. The van der Waals surface area contributed by atoms with E-state index in [9.17, 15) is 33.3 Å². The molecule has 0 bridgehead atoms. The van der Waals surface area contributed by atoms with Gasteiger partial charge < -0.3 is 29.4 Å². The maximum Gasteiger partial charge on any atom is 0.490 e. The number of aromatic nitrogens is 2. The predicted molar refractivity (Wildman–Crippen MR) is 103 cm³/mol.